The van der Waals surface area contributed by atoms with Crippen LogP contribution in [0, 0.1) is 0 Å². The van der Waals surface area contributed by atoms with E-state index in [9.17, 15) is 35.9 Å². The highest BCUT2D eigenvalue weighted by molar-refractivity contribution is 5.99. The molecular formula is C34H37F6N5O6. The number of amides is 2. The van der Waals surface area contributed by atoms with E-state index in [-0.39, 0.29) is 42.0 Å². The van der Waals surface area contributed by atoms with Crippen molar-refractivity contribution in [2.45, 2.75) is 84.0 Å². The molecule has 0 bridgehead atoms. The number of nitrogens with zero attached hydrogens (tertiary/aromatic N) is 4. The van der Waals surface area contributed by atoms with Gasteiger partial charge in [-0.3, -0.25) is 5.32 Å². The maximum atomic E-state index is 14.1. The zero-order valence-corrected chi connectivity index (χ0v) is 28.6. The van der Waals surface area contributed by atoms with Gasteiger partial charge in [0.15, 0.2) is 0 Å². The molecule has 4 rings (SSSR count). The summed E-state index contributed by atoms with van der Waals surface area (Å²) in [5.41, 5.74) is -3.62. The molecule has 1 aliphatic heterocycles. The van der Waals surface area contributed by atoms with Gasteiger partial charge in [-0.15, -0.1) is 4.99 Å². The Morgan fingerprint density at radius 1 is 0.980 bits per heavy atom. The summed E-state index contributed by atoms with van der Waals surface area (Å²) in [6.07, 6.45) is -7.74. The number of hydrogen-bond donors (Lipinski definition) is 1. The van der Waals surface area contributed by atoms with Gasteiger partial charge in [0.1, 0.15) is 29.6 Å². The fraction of sp³-hybridized carbons (Fsp3) is 0.441. The molecule has 0 unspecified atom stereocenters. The van der Waals surface area contributed by atoms with Crippen molar-refractivity contribution in [1.82, 2.24) is 20.4 Å². The van der Waals surface area contributed by atoms with E-state index in [0.717, 1.165) is 24.3 Å². The molecule has 17 heteroatoms. The molecule has 0 aliphatic carbocycles. The van der Waals surface area contributed by atoms with E-state index in [1.54, 1.807) is 41.5 Å². The van der Waals surface area contributed by atoms with Crippen LogP contribution in [0.25, 0.3) is 17.5 Å². The second-order valence-electron chi connectivity index (χ2n) is 13.4. The number of rotatable bonds is 6. The summed E-state index contributed by atoms with van der Waals surface area (Å²) in [5.74, 6) is -0.923. The minimum absolute atomic E-state index is 0.0148. The maximum Gasteiger partial charge on any atom is 0.437 e. The van der Waals surface area contributed by atoms with Crippen LogP contribution < -0.4 is 10.1 Å². The van der Waals surface area contributed by atoms with E-state index in [2.05, 4.69) is 20.4 Å². The van der Waals surface area contributed by atoms with E-state index in [1.165, 1.54) is 35.3 Å². The summed E-state index contributed by atoms with van der Waals surface area (Å²) in [4.78, 5) is 35.1. The van der Waals surface area contributed by atoms with E-state index in [1.807, 2.05) is 0 Å². The highest BCUT2D eigenvalue weighted by atomic mass is 19.4. The van der Waals surface area contributed by atoms with E-state index in [0.29, 0.717) is 12.8 Å². The van der Waals surface area contributed by atoms with Gasteiger partial charge in [-0.1, -0.05) is 23.4 Å². The molecule has 0 spiro atoms. The van der Waals surface area contributed by atoms with Crippen molar-refractivity contribution >= 4 is 24.2 Å². The predicted molar refractivity (Wildman–Crippen MR) is 172 cm³/mol. The third kappa shape index (κ3) is 11.2. The van der Waals surface area contributed by atoms with Crippen LogP contribution in [0.1, 0.15) is 83.0 Å². The van der Waals surface area contributed by atoms with Gasteiger partial charge >= 0.3 is 24.5 Å². The average molecular weight is 726 g/mol. The topological polar surface area (TPSA) is 128 Å². The first-order valence-electron chi connectivity index (χ1n) is 15.7. The van der Waals surface area contributed by atoms with Crippen LogP contribution in [0.15, 0.2) is 58.1 Å². The van der Waals surface area contributed by atoms with Crippen LogP contribution in [0.2, 0.25) is 0 Å². The number of carbonyl (C=O) groups is 2. The first-order chi connectivity index (χ1) is 23.6. The first-order valence-corrected chi connectivity index (χ1v) is 15.7. The number of guanidine groups is 1. The van der Waals surface area contributed by atoms with Gasteiger partial charge in [-0.05, 0) is 96.4 Å². The Labute approximate surface area is 289 Å². The Bertz CT molecular complexity index is 1770. The molecule has 1 aromatic heterocycles. The molecule has 2 amide bonds. The molecule has 0 radical (unpaired) electrons. The lowest BCUT2D eigenvalue weighted by atomic mass is 10.1. The molecule has 0 saturated carbocycles. The third-order valence-corrected chi connectivity index (χ3v) is 6.86. The lowest BCUT2D eigenvalue weighted by Crippen LogP contribution is -2.46. The summed E-state index contributed by atoms with van der Waals surface area (Å²) < 4.78 is 103. The number of alkyl halides is 6. The van der Waals surface area contributed by atoms with Gasteiger partial charge in [0.05, 0.1) is 11.1 Å². The molecule has 1 saturated heterocycles. The molecule has 2 aromatic carbocycles. The van der Waals surface area contributed by atoms with Crippen LogP contribution in [0.5, 0.6) is 5.75 Å². The number of benzene rings is 2. The fourth-order valence-electron chi connectivity index (χ4n) is 4.85. The summed E-state index contributed by atoms with van der Waals surface area (Å²) in [5, 5.41) is 6.35. The van der Waals surface area contributed by atoms with Crippen molar-refractivity contribution in [1.29, 1.82) is 0 Å². The first kappa shape index (κ1) is 38.7. The number of likely N-dealkylation sites (tertiary alicyclic amines) is 1. The number of hydrogen-bond acceptors (Lipinski definition) is 8. The Morgan fingerprint density at radius 3 is 2.33 bits per heavy atom. The molecule has 1 atom stereocenters. The lowest BCUT2D eigenvalue weighted by molar-refractivity contribution is -0.139. The highest BCUT2D eigenvalue weighted by Gasteiger charge is 2.37. The predicted octanol–water partition coefficient (Wildman–Crippen LogP) is 8.82. The van der Waals surface area contributed by atoms with Gasteiger partial charge in [0.25, 0.3) is 0 Å². The number of halogens is 6. The molecule has 11 nitrogen and oxygen atoms in total. The van der Waals surface area contributed by atoms with Crippen molar-refractivity contribution in [3.8, 4) is 17.1 Å². The monoisotopic (exact) mass is 725 g/mol. The number of aliphatic imine (C=N–C) groups is 1. The van der Waals surface area contributed by atoms with Crippen molar-refractivity contribution in [2.24, 2.45) is 4.99 Å². The highest BCUT2D eigenvalue weighted by Crippen LogP contribution is 2.39. The van der Waals surface area contributed by atoms with Crippen LogP contribution in [0.3, 0.4) is 0 Å². The maximum absolute atomic E-state index is 14.1. The molecule has 2 heterocycles. The molecule has 3 aromatic rings. The van der Waals surface area contributed by atoms with Gasteiger partial charge < -0.3 is 23.6 Å². The number of nitrogens with one attached hydrogen (secondary N) is 1. The standard InChI is InChI=1S/C34H37F6N5O6/c1-31(2,3)49-29(46)42-28(43-30(47)50-32(4,5)6)45-16-8-13-24(45)27-41-26(44-51-27)21-14-15-25(23(19-21)34(38,39)40)48-17-9-11-20-10-7-12-22(18-20)33(35,36)37/h7,9-12,14-15,18-19,24H,8,13,16-17H2,1-6H3,(H,42,43,46,47)/b11-9+/t24-/m0/s1. The van der Waals surface area contributed by atoms with Gasteiger partial charge in [0.2, 0.25) is 17.7 Å². The van der Waals surface area contributed by atoms with Crippen molar-refractivity contribution < 1.29 is 54.7 Å². The quantitative estimate of drug-likeness (QED) is 0.151. The molecule has 1 fully saturated rings. The lowest BCUT2D eigenvalue weighted by Gasteiger charge is -2.27. The Morgan fingerprint density at radius 2 is 1.69 bits per heavy atom. The minimum Gasteiger partial charge on any atom is -0.489 e. The van der Waals surface area contributed by atoms with Crippen LogP contribution >= 0.6 is 0 Å². The Kier molecular flexibility index (Phi) is 11.4. The Hall–Kier alpha value is -5.09. The zero-order chi connectivity index (χ0) is 37.8. The average Bonchev–Trinajstić information content (AvgIpc) is 3.67. The molecule has 1 aliphatic rings. The van der Waals surface area contributed by atoms with Gasteiger partial charge in [0, 0.05) is 12.1 Å². The summed E-state index contributed by atoms with van der Waals surface area (Å²) in [6, 6.07) is 6.87. The Balaban J connectivity index is 1.55. The number of ether oxygens (including phenoxy) is 3. The zero-order valence-electron chi connectivity index (χ0n) is 28.6. The largest absolute Gasteiger partial charge is 0.489 e. The summed E-state index contributed by atoms with van der Waals surface area (Å²) in [7, 11) is 0. The van der Waals surface area contributed by atoms with Crippen LogP contribution in [-0.2, 0) is 21.8 Å². The van der Waals surface area contributed by atoms with Crippen molar-refractivity contribution in [3.63, 3.8) is 0 Å². The SMILES string of the molecule is CC(C)(C)OC(=O)/N=C(\NC(=O)OC(C)(C)C)N1CCC[C@H]1c1nc(-c2ccc(OC/C=C/c3cccc(C(F)(F)F)c3)c(C(F)(F)F)c2)no1. The van der Waals surface area contributed by atoms with Crippen molar-refractivity contribution in [3.05, 3.63) is 71.1 Å². The summed E-state index contributed by atoms with van der Waals surface area (Å²) in [6.45, 7) is 9.81. The summed E-state index contributed by atoms with van der Waals surface area (Å²) >= 11 is 0. The van der Waals surface area contributed by atoms with Crippen LogP contribution in [0.4, 0.5) is 35.9 Å². The van der Waals surface area contributed by atoms with Crippen molar-refractivity contribution in [2.75, 3.05) is 13.2 Å². The number of carbonyl (C=O) groups excluding carboxylic acids is 2. The second kappa shape index (κ2) is 15.0. The van der Waals surface area contributed by atoms with E-state index < -0.39 is 58.7 Å². The smallest absolute Gasteiger partial charge is 0.437 e. The normalized spacial score (nSPS) is 16.0. The number of alkyl carbamates (subject to hydrolysis) is 1. The molecule has 276 valence electrons. The fourth-order valence-corrected chi connectivity index (χ4v) is 4.85. The number of aromatic nitrogens is 2. The second-order valence-corrected chi connectivity index (χ2v) is 13.4. The van der Waals surface area contributed by atoms with Gasteiger partial charge in [-0.2, -0.15) is 31.3 Å². The van der Waals surface area contributed by atoms with Crippen LogP contribution in [-0.4, -0.2) is 57.5 Å². The van der Waals surface area contributed by atoms with E-state index in [4.69, 9.17) is 18.7 Å². The molecule has 1 N–H and O–H groups in total. The molecular weight excluding hydrogens is 688 g/mol. The molecule has 51 heavy (non-hydrogen) atoms. The minimum atomic E-state index is -4.86. The van der Waals surface area contributed by atoms with Gasteiger partial charge in [-0.25, -0.2) is 9.59 Å². The third-order valence-electron chi connectivity index (χ3n) is 6.86. The van der Waals surface area contributed by atoms with E-state index >= 15 is 0 Å².